The molecule has 1 aromatic heterocycles. The predicted octanol–water partition coefficient (Wildman–Crippen LogP) is 3.88. The largest absolute Gasteiger partial charge is 0.479 e. The lowest BCUT2D eigenvalue weighted by Crippen LogP contribution is -2.58. The summed E-state index contributed by atoms with van der Waals surface area (Å²) in [5.41, 5.74) is 1.56. The molecular formula is C22H25ClN2O4S. The molecule has 8 heteroatoms. The van der Waals surface area contributed by atoms with Gasteiger partial charge in [-0.3, -0.25) is 9.69 Å². The van der Waals surface area contributed by atoms with Crippen molar-refractivity contribution in [3.63, 3.8) is 0 Å². The Labute approximate surface area is 185 Å². The first-order chi connectivity index (χ1) is 14.3. The van der Waals surface area contributed by atoms with Crippen molar-refractivity contribution < 1.29 is 19.4 Å². The van der Waals surface area contributed by atoms with Gasteiger partial charge in [0.2, 0.25) is 0 Å². The number of fused-ring (bicyclic) bond motifs is 1. The average Bonchev–Trinajstić information content (AvgIpc) is 3.33. The average molecular weight is 449 g/mol. The Bertz CT molecular complexity index is 970. The number of anilines is 1. The summed E-state index contributed by atoms with van der Waals surface area (Å²) in [6.45, 7) is 4.34. The normalized spacial score (nSPS) is 24.3. The van der Waals surface area contributed by atoms with Crippen molar-refractivity contribution in [2.75, 3.05) is 38.3 Å². The summed E-state index contributed by atoms with van der Waals surface area (Å²) in [7, 11) is 2.11. The molecule has 1 aromatic carbocycles. The zero-order chi connectivity index (χ0) is 21.5. The highest BCUT2D eigenvalue weighted by Crippen LogP contribution is 2.37. The van der Waals surface area contributed by atoms with Crippen molar-refractivity contribution >= 4 is 40.5 Å². The minimum Gasteiger partial charge on any atom is -0.479 e. The maximum Gasteiger partial charge on any atom is 0.332 e. The lowest BCUT2D eigenvalue weighted by molar-refractivity contribution is -0.143. The molecule has 0 spiro atoms. The topological polar surface area (TPSA) is 70.1 Å². The number of hydrogen-bond acceptors (Lipinski definition) is 5. The number of rotatable bonds is 4. The zero-order valence-corrected chi connectivity index (χ0v) is 18.6. The Hall–Kier alpha value is -1.93. The number of thiophene rings is 1. The monoisotopic (exact) mass is 448 g/mol. The highest BCUT2D eigenvalue weighted by Gasteiger charge is 2.51. The third-order valence-corrected chi connectivity index (χ3v) is 7.30. The summed E-state index contributed by atoms with van der Waals surface area (Å²) in [4.78, 5) is 30.1. The van der Waals surface area contributed by atoms with E-state index in [9.17, 15) is 14.7 Å². The lowest BCUT2D eigenvalue weighted by atomic mass is 9.91. The van der Waals surface area contributed by atoms with Gasteiger partial charge in [0.25, 0.3) is 5.91 Å². The second kappa shape index (κ2) is 8.30. The van der Waals surface area contributed by atoms with Gasteiger partial charge in [0.1, 0.15) is 0 Å². The number of aliphatic carboxylic acids is 1. The van der Waals surface area contributed by atoms with E-state index in [0.717, 1.165) is 36.4 Å². The van der Waals surface area contributed by atoms with Crippen molar-refractivity contribution in [1.82, 2.24) is 4.90 Å². The van der Waals surface area contributed by atoms with Crippen LogP contribution in [0.15, 0.2) is 30.3 Å². The molecule has 160 valence electrons. The van der Waals surface area contributed by atoms with E-state index in [-0.39, 0.29) is 18.9 Å². The summed E-state index contributed by atoms with van der Waals surface area (Å²) in [5.74, 6) is -1.05. The molecule has 30 heavy (non-hydrogen) atoms. The molecule has 1 saturated heterocycles. The van der Waals surface area contributed by atoms with Gasteiger partial charge in [-0.2, -0.15) is 0 Å². The molecule has 0 bridgehead atoms. The highest BCUT2D eigenvalue weighted by molar-refractivity contribution is 7.18. The van der Waals surface area contributed by atoms with Crippen LogP contribution in [-0.4, -0.2) is 60.8 Å². The maximum absolute atomic E-state index is 13.6. The molecule has 1 fully saturated rings. The van der Waals surface area contributed by atoms with Crippen LogP contribution in [0.1, 0.15) is 40.1 Å². The number of halogens is 1. The summed E-state index contributed by atoms with van der Waals surface area (Å²) in [5, 5.41) is 10.2. The van der Waals surface area contributed by atoms with Crippen LogP contribution in [0.3, 0.4) is 0 Å². The number of amides is 1. The van der Waals surface area contributed by atoms with Crippen molar-refractivity contribution in [2.45, 2.75) is 31.2 Å². The van der Waals surface area contributed by atoms with Gasteiger partial charge < -0.3 is 14.7 Å². The van der Waals surface area contributed by atoms with Crippen LogP contribution in [0.4, 0.5) is 5.69 Å². The quantitative estimate of drug-likeness (QED) is 0.768. The molecule has 2 aliphatic rings. The molecule has 3 heterocycles. The van der Waals surface area contributed by atoms with Gasteiger partial charge in [0.05, 0.1) is 15.8 Å². The molecule has 1 amide bonds. The van der Waals surface area contributed by atoms with Gasteiger partial charge in [-0.25, -0.2) is 4.79 Å². The Morgan fingerprint density at radius 3 is 2.77 bits per heavy atom. The molecule has 2 aromatic rings. The van der Waals surface area contributed by atoms with Crippen LogP contribution in [0.25, 0.3) is 0 Å². The van der Waals surface area contributed by atoms with Crippen molar-refractivity contribution in [1.29, 1.82) is 0 Å². The van der Waals surface area contributed by atoms with Gasteiger partial charge in [0, 0.05) is 31.8 Å². The molecule has 6 nitrogen and oxygen atoms in total. The van der Waals surface area contributed by atoms with Crippen LogP contribution in [0, 0.1) is 0 Å². The second-order valence-corrected chi connectivity index (χ2v) is 9.90. The summed E-state index contributed by atoms with van der Waals surface area (Å²) in [6.07, 6.45) is 1.09. The van der Waals surface area contributed by atoms with Crippen LogP contribution < -0.4 is 4.90 Å². The van der Waals surface area contributed by atoms with Crippen LogP contribution in [-0.2, 0) is 16.0 Å². The standard InChI is InChI=1S/C22H25ClN2O4S/c1-14-12-24(2)9-7-15-11-16(3-4-17(14)15)25(20(26)18-5-6-19(23)30-18)22(21(27)28)8-10-29-13-22/h3-6,11,14H,7-10,12-13H2,1-2H3,(H,27,28)/t14-,22+/m1/s1. The first kappa shape index (κ1) is 21.3. The smallest absolute Gasteiger partial charge is 0.332 e. The third kappa shape index (κ3) is 3.75. The first-order valence-electron chi connectivity index (χ1n) is 10.0. The zero-order valence-electron chi connectivity index (χ0n) is 17.1. The van der Waals surface area contributed by atoms with E-state index < -0.39 is 11.5 Å². The summed E-state index contributed by atoms with van der Waals surface area (Å²) < 4.78 is 5.97. The fraction of sp³-hybridized carbons (Fsp3) is 0.455. The van der Waals surface area contributed by atoms with Crippen LogP contribution in [0.2, 0.25) is 4.34 Å². The van der Waals surface area contributed by atoms with Gasteiger partial charge >= 0.3 is 5.97 Å². The number of hydrogen-bond donors (Lipinski definition) is 1. The van der Waals surface area contributed by atoms with Crippen molar-refractivity contribution in [2.24, 2.45) is 0 Å². The second-order valence-electron chi connectivity index (χ2n) is 8.18. The number of benzene rings is 1. The van der Waals surface area contributed by atoms with Gasteiger partial charge in [-0.1, -0.05) is 24.6 Å². The number of likely N-dealkylation sites (N-methyl/N-ethyl adjacent to an activating group) is 1. The SMILES string of the molecule is C[C@@H]1CN(C)CCc2cc(N(C(=O)c3ccc(Cl)s3)[C@@]3(C(=O)O)CCOC3)ccc21. The van der Waals surface area contributed by atoms with Crippen molar-refractivity contribution in [3.05, 3.63) is 50.7 Å². The van der Waals surface area contributed by atoms with E-state index in [4.69, 9.17) is 16.3 Å². The number of carbonyl (C=O) groups excluding carboxylic acids is 1. The minimum atomic E-state index is -1.44. The lowest BCUT2D eigenvalue weighted by Gasteiger charge is -2.37. The molecule has 1 N–H and O–H groups in total. The fourth-order valence-corrected chi connectivity index (χ4v) is 5.46. The number of nitrogens with zero attached hydrogens (tertiary/aromatic N) is 2. The predicted molar refractivity (Wildman–Crippen MR) is 118 cm³/mol. The number of ether oxygens (including phenoxy) is 1. The molecule has 4 rings (SSSR count). The van der Waals surface area contributed by atoms with E-state index in [1.807, 2.05) is 18.2 Å². The minimum absolute atomic E-state index is 0.0383. The highest BCUT2D eigenvalue weighted by atomic mass is 35.5. The molecule has 2 atom stereocenters. The van der Waals surface area contributed by atoms with E-state index in [1.54, 1.807) is 12.1 Å². The Morgan fingerprint density at radius 1 is 1.33 bits per heavy atom. The molecule has 0 radical (unpaired) electrons. The van der Waals surface area contributed by atoms with E-state index in [0.29, 0.717) is 27.4 Å². The first-order valence-corrected chi connectivity index (χ1v) is 11.2. The van der Waals surface area contributed by atoms with Crippen LogP contribution in [0.5, 0.6) is 0 Å². The van der Waals surface area contributed by atoms with Gasteiger partial charge in [-0.05, 0) is 54.8 Å². The number of carbonyl (C=O) groups is 2. The molecule has 0 aliphatic carbocycles. The summed E-state index contributed by atoms with van der Waals surface area (Å²) in [6, 6.07) is 9.21. The van der Waals surface area contributed by atoms with Crippen molar-refractivity contribution in [3.8, 4) is 0 Å². The van der Waals surface area contributed by atoms with E-state index >= 15 is 0 Å². The Morgan fingerprint density at radius 2 is 2.13 bits per heavy atom. The van der Waals surface area contributed by atoms with Gasteiger partial charge in [0.15, 0.2) is 5.54 Å². The third-order valence-electron chi connectivity index (χ3n) is 6.08. The maximum atomic E-state index is 13.6. The van der Waals surface area contributed by atoms with E-state index in [1.165, 1.54) is 10.5 Å². The van der Waals surface area contributed by atoms with E-state index in [2.05, 4.69) is 18.9 Å². The Balaban J connectivity index is 1.82. The molecule has 0 saturated carbocycles. The molecule has 0 unspecified atom stereocenters. The number of carboxylic acids is 1. The number of carboxylic acid groups (broad SMARTS) is 1. The summed E-state index contributed by atoms with van der Waals surface area (Å²) >= 11 is 7.21. The Kier molecular flexibility index (Phi) is 5.90. The fourth-order valence-electron chi connectivity index (χ4n) is 4.49. The van der Waals surface area contributed by atoms with Crippen LogP contribution >= 0.6 is 22.9 Å². The molecule has 2 aliphatic heterocycles. The molecular weight excluding hydrogens is 424 g/mol. The van der Waals surface area contributed by atoms with Gasteiger partial charge in [-0.15, -0.1) is 11.3 Å².